The second-order valence-corrected chi connectivity index (χ2v) is 10.2. The predicted molar refractivity (Wildman–Crippen MR) is 139 cm³/mol. The quantitative estimate of drug-likeness (QED) is 0.275. The van der Waals surface area contributed by atoms with Crippen LogP contribution in [0.25, 0.3) is 10.9 Å². The summed E-state index contributed by atoms with van der Waals surface area (Å²) in [7, 11) is 1.35. The van der Waals surface area contributed by atoms with Gasteiger partial charge >= 0.3 is 18.1 Å². The second-order valence-electron chi connectivity index (χ2n) is 10.2. The lowest BCUT2D eigenvalue weighted by molar-refractivity contribution is 0.0341. The number of nitrogens with one attached hydrogen (secondary N) is 1. The van der Waals surface area contributed by atoms with Crippen LogP contribution in [0.3, 0.4) is 0 Å². The third-order valence-corrected chi connectivity index (χ3v) is 5.99. The zero-order valence-corrected chi connectivity index (χ0v) is 21.9. The minimum atomic E-state index is -1.02. The Morgan fingerprint density at radius 1 is 1.05 bits per heavy atom. The Morgan fingerprint density at radius 2 is 1.81 bits per heavy atom. The van der Waals surface area contributed by atoms with Crippen LogP contribution in [0.4, 0.5) is 16.3 Å². The van der Waals surface area contributed by atoms with Crippen molar-refractivity contribution < 1.29 is 28.6 Å². The second kappa shape index (κ2) is 11.0. The highest BCUT2D eigenvalue weighted by molar-refractivity contribution is 6.00. The topological polar surface area (TPSA) is 109 Å². The number of benzene rings is 1. The minimum absolute atomic E-state index is 0.125. The van der Waals surface area contributed by atoms with E-state index in [2.05, 4.69) is 10.3 Å². The highest BCUT2D eigenvalue weighted by atomic mass is 16.7. The maximum Gasteiger partial charge on any atom is 0.516 e. The Bertz CT molecular complexity index is 1320. The van der Waals surface area contributed by atoms with E-state index in [1.165, 1.54) is 7.11 Å². The Hall–Kier alpha value is -3.88. The molecule has 0 unspecified atom stereocenters. The Labute approximate surface area is 216 Å². The van der Waals surface area contributed by atoms with E-state index < -0.39 is 18.1 Å². The molecule has 37 heavy (non-hydrogen) atoms. The summed E-state index contributed by atoms with van der Waals surface area (Å²) in [6.45, 7) is 8.59. The number of ether oxygens (including phenoxy) is 3. The van der Waals surface area contributed by atoms with Crippen LogP contribution >= 0.6 is 0 Å². The lowest BCUT2D eigenvalue weighted by atomic mass is 10.1. The van der Waals surface area contributed by atoms with E-state index in [0.717, 1.165) is 29.3 Å². The van der Waals surface area contributed by atoms with Crippen molar-refractivity contribution in [3.8, 4) is 0 Å². The number of carbonyl (C=O) groups is 3. The van der Waals surface area contributed by atoms with Crippen molar-refractivity contribution in [2.75, 3.05) is 19.0 Å². The molecular formula is C28H33N3O6. The van der Waals surface area contributed by atoms with E-state index in [0.29, 0.717) is 29.5 Å². The van der Waals surface area contributed by atoms with E-state index >= 15 is 0 Å². The van der Waals surface area contributed by atoms with E-state index in [9.17, 15) is 14.4 Å². The summed E-state index contributed by atoms with van der Waals surface area (Å²) >= 11 is 0. The molecule has 0 saturated heterocycles. The smallest absolute Gasteiger partial charge is 0.465 e. The molecule has 0 aliphatic heterocycles. The fourth-order valence-electron chi connectivity index (χ4n) is 4.09. The molecule has 4 rings (SSSR count). The molecule has 0 radical (unpaired) electrons. The minimum Gasteiger partial charge on any atom is -0.465 e. The molecule has 3 aromatic rings. The van der Waals surface area contributed by atoms with Crippen LogP contribution in [0.15, 0.2) is 36.5 Å². The van der Waals surface area contributed by atoms with Crippen molar-refractivity contribution in [2.45, 2.75) is 53.0 Å². The molecular weight excluding hydrogens is 474 g/mol. The van der Waals surface area contributed by atoms with Crippen molar-refractivity contribution in [3.63, 3.8) is 0 Å². The summed E-state index contributed by atoms with van der Waals surface area (Å²) in [6, 6.07) is 9.11. The SMILES string of the molecule is COC(=O)c1cc(C2CC2)cnc1Nc1ccc2c(c1)cc(C(=O)OC(=O)OCC(C)C)n2CC(C)C. The molecule has 196 valence electrons. The molecule has 1 N–H and O–H groups in total. The summed E-state index contributed by atoms with van der Waals surface area (Å²) in [5.74, 6) is -0.0289. The lowest BCUT2D eigenvalue weighted by Gasteiger charge is -2.14. The molecule has 2 aromatic heterocycles. The molecule has 1 saturated carbocycles. The summed E-state index contributed by atoms with van der Waals surface area (Å²) in [5, 5.41) is 3.98. The number of methoxy groups -OCH3 is 1. The van der Waals surface area contributed by atoms with Crippen LogP contribution in [0.1, 0.15) is 72.9 Å². The number of hydrogen-bond donors (Lipinski definition) is 1. The number of aromatic nitrogens is 2. The molecule has 1 fully saturated rings. The third-order valence-electron chi connectivity index (χ3n) is 5.99. The van der Waals surface area contributed by atoms with E-state index in [-0.39, 0.29) is 24.1 Å². The van der Waals surface area contributed by atoms with Crippen molar-refractivity contribution in [3.05, 3.63) is 53.3 Å². The number of fused-ring (bicyclic) bond motifs is 1. The van der Waals surface area contributed by atoms with Gasteiger partial charge in [-0.25, -0.2) is 19.4 Å². The standard InChI is InChI=1S/C28H33N3O6/c1-16(2)14-31-23-9-8-21(10-19(23)12-24(31)27(33)37-28(34)36-15-17(3)4)30-25-22(26(32)35-5)11-20(13-29-25)18-6-7-18/h8-13,16-18H,6-7,14-15H2,1-5H3,(H,29,30). The first-order valence-electron chi connectivity index (χ1n) is 12.5. The van der Waals surface area contributed by atoms with Crippen LogP contribution in [-0.4, -0.2) is 41.4 Å². The van der Waals surface area contributed by atoms with Gasteiger partial charge in [0.25, 0.3) is 0 Å². The number of hydrogen-bond acceptors (Lipinski definition) is 8. The van der Waals surface area contributed by atoms with Crippen molar-refractivity contribution in [1.82, 2.24) is 9.55 Å². The van der Waals surface area contributed by atoms with Crippen LogP contribution in [-0.2, 0) is 20.8 Å². The van der Waals surface area contributed by atoms with Crippen molar-refractivity contribution in [1.29, 1.82) is 0 Å². The van der Waals surface area contributed by atoms with Crippen LogP contribution < -0.4 is 5.32 Å². The normalized spacial score (nSPS) is 13.2. The van der Waals surface area contributed by atoms with E-state index in [4.69, 9.17) is 14.2 Å². The van der Waals surface area contributed by atoms with Gasteiger partial charge in [-0.2, -0.15) is 0 Å². The van der Waals surface area contributed by atoms with E-state index in [1.807, 2.05) is 56.5 Å². The van der Waals surface area contributed by atoms with Gasteiger partial charge in [-0.1, -0.05) is 27.7 Å². The molecule has 9 nitrogen and oxygen atoms in total. The maximum absolute atomic E-state index is 12.9. The number of carbonyl (C=O) groups excluding carboxylic acids is 3. The molecule has 0 amide bonds. The van der Waals surface area contributed by atoms with Gasteiger partial charge in [-0.3, -0.25) is 0 Å². The molecule has 0 spiro atoms. The van der Waals surface area contributed by atoms with Gasteiger partial charge in [0, 0.05) is 29.3 Å². The number of pyridine rings is 1. The number of anilines is 2. The molecule has 1 aliphatic carbocycles. The van der Waals surface area contributed by atoms with Crippen LogP contribution in [0, 0.1) is 11.8 Å². The highest BCUT2D eigenvalue weighted by Gasteiger charge is 2.26. The first kappa shape index (κ1) is 26.2. The van der Waals surface area contributed by atoms with Gasteiger partial charge in [0.1, 0.15) is 17.1 Å². The summed E-state index contributed by atoms with van der Waals surface area (Å²) in [4.78, 5) is 41.8. The maximum atomic E-state index is 12.9. The van der Waals surface area contributed by atoms with Gasteiger partial charge in [0.2, 0.25) is 0 Å². The molecule has 1 aromatic carbocycles. The first-order valence-corrected chi connectivity index (χ1v) is 12.5. The van der Waals surface area contributed by atoms with Crippen LogP contribution in [0.5, 0.6) is 0 Å². The molecule has 0 atom stereocenters. The molecule has 9 heteroatoms. The van der Waals surface area contributed by atoms with Gasteiger partial charge in [-0.05, 0) is 66.5 Å². The zero-order chi connectivity index (χ0) is 26.7. The predicted octanol–water partition coefficient (Wildman–Crippen LogP) is 6.05. The Kier molecular flexibility index (Phi) is 7.80. The van der Waals surface area contributed by atoms with Crippen molar-refractivity contribution >= 4 is 40.5 Å². The lowest BCUT2D eigenvalue weighted by Crippen LogP contribution is -2.19. The average Bonchev–Trinajstić information content (AvgIpc) is 3.65. The number of esters is 2. The molecule has 0 bridgehead atoms. The van der Waals surface area contributed by atoms with Gasteiger partial charge in [0.15, 0.2) is 0 Å². The van der Waals surface area contributed by atoms with Crippen LogP contribution in [0.2, 0.25) is 0 Å². The van der Waals surface area contributed by atoms with E-state index in [1.54, 1.807) is 12.3 Å². The highest BCUT2D eigenvalue weighted by Crippen LogP contribution is 2.40. The Balaban J connectivity index is 1.63. The van der Waals surface area contributed by atoms with Gasteiger partial charge in [-0.15, -0.1) is 0 Å². The molecule has 1 aliphatic rings. The monoisotopic (exact) mass is 507 g/mol. The van der Waals surface area contributed by atoms with Crippen molar-refractivity contribution in [2.24, 2.45) is 11.8 Å². The fraction of sp³-hybridized carbons (Fsp3) is 0.429. The largest absolute Gasteiger partial charge is 0.516 e. The summed E-state index contributed by atoms with van der Waals surface area (Å²) in [6.07, 6.45) is 2.97. The van der Waals surface area contributed by atoms with Gasteiger partial charge in [0.05, 0.1) is 13.7 Å². The third kappa shape index (κ3) is 6.28. The first-order chi connectivity index (χ1) is 17.7. The number of rotatable bonds is 9. The summed E-state index contributed by atoms with van der Waals surface area (Å²) < 4.78 is 16.8. The summed E-state index contributed by atoms with van der Waals surface area (Å²) in [5.41, 5.74) is 3.15. The van der Waals surface area contributed by atoms with Gasteiger partial charge < -0.3 is 24.1 Å². The molecule has 2 heterocycles. The average molecular weight is 508 g/mol. The number of nitrogens with zero attached hydrogens (tertiary/aromatic N) is 2. The fourth-order valence-corrected chi connectivity index (χ4v) is 4.09. The zero-order valence-electron chi connectivity index (χ0n) is 21.9. The Morgan fingerprint density at radius 3 is 2.46 bits per heavy atom.